The highest BCUT2D eigenvalue weighted by Gasteiger charge is 2.77. The molecule has 0 aliphatic heterocycles. The molecule has 1 aromatic rings. The topological polar surface area (TPSA) is 42.0 Å². The van der Waals surface area contributed by atoms with Crippen LogP contribution in [0.25, 0.3) is 0 Å². The fraction of sp³-hybridized carbons (Fsp3) is 0.333. The largest absolute Gasteiger partial charge is 0.441 e. The lowest BCUT2D eigenvalue weighted by Crippen LogP contribution is -2.60. The van der Waals surface area contributed by atoms with Crippen molar-refractivity contribution >= 4 is 34.8 Å². The lowest BCUT2D eigenvalue weighted by atomic mass is 10.0. The van der Waals surface area contributed by atoms with Crippen molar-refractivity contribution in [2.75, 3.05) is 5.32 Å². The Hall–Kier alpha value is -1.29. The smallest absolute Gasteiger partial charge is 0.322 e. The van der Waals surface area contributed by atoms with Gasteiger partial charge >= 0.3 is 18.0 Å². The van der Waals surface area contributed by atoms with Crippen LogP contribution in [0.3, 0.4) is 0 Å². The lowest BCUT2D eigenvalue weighted by molar-refractivity contribution is -0.324. The van der Waals surface area contributed by atoms with Crippen molar-refractivity contribution in [3.05, 3.63) is 22.4 Å². The van der Waals surface area contributed by atoms with Crippen molar-refractivity contribution in [2.24, 2.45) is 0 Å². The second-order valence-corrected chi connectivity index (χ2v) is 4.38. The zero-order valence-electron chi connectivity index (χ0n) is 9.41. The standard InChI is InChI=1S/C9H3Cl2F7N2O/c10-4-1-3(2-5(11)20-4)19-6(21)7(12,8(13,14)15)9(16,17)18/h1-2H,(H,19,20,21). The van der Waals surface area contributed by atoms with Gasteiger partial charge in [-0.3, -0.25) is 4.79 Å². The number of hydrogen-bond donors (Lipinski definition) is 1. The van der Waals surface area contributed by atoms with Crippen LogP contribution >= 0.6 is 23.2 Å². The zero-order chi connectivity index (χ0) is 16.6. The molecule has 0 aliphatic carbocycles. The average Bonchev–Trinajstić information content (AvgIpc) is 2.22. The predicted molar refractivity (Wildman–Crippen MR) is 58.8 cm³/mol. The summed E-state index contributed by atoms with van der Waals surface area (Å²) in [5.41, 5.74) is -6.76. The van der Waals surface area contributed by atoms with Crippen LogP contribution in [0, 0.1) is 0 Å². The van der Waals surface area contributed by atoms with Crippen LogP contribution in [-0.4, -0.2) is 28.9 Å². The number of amides is 1. The third-order valence-electron chi connectivity index (χ3n) is 2.11. The lowest BCUT2D eigenvalue weighted by Gasteiger charge is -2.28. The molecule has 0 spiro atoms. The first-order valence-electron chi connectivity index (χ1n) is 4.76. The molecule has 0 saturated carbocycles. The van der Waals surface area contributed by atoms with E-state index in [1.165, 1.54) is 0 Å². The molecule has 0 aromatic carbocycles. The maximum Gasteiger partial charge on any atom is 0.441 e. The first-order chi connectivity index (χ1) is 9.29. The number of anilines is 1. The highest BCUT2D eigenvalue weighted by Crippen LogP contribution is 2.46. The Balaban J connectivity index is 3.20. The molecule has 0 atom stereocenters. The quantitative estimate of drug-likeness (QED) is 0.637. The number of nitrogens with zero attached hydrogens (tertiary/aromatic N) is 1. The van der Waals surface area contributed by atoms with Gasteiger partial charge in [0, 0.05) is 5.69 Å². The molecule has 0 unspecified atom stereocenters. The summed E-state index contributed by atoms with van der Waals surface area (Å²) in [4.78, 5) is 14.5. The van der Waals surface area contributed by atoms with Gasteiger partial charge in [-0.15, -0.1) is 0 Å². The van der Waals surface area contributed by atoms with Crippen molar-refractivity contribution in [1.82, 2.24) is 4.98 Å². The Labute approximate surface area is 122 Å². The Bertz CT molecular complexity index is 524. The van der Waals surface area contributed by atoms with Gasteiger partial charge in [0.2, 0.25) is 0 Å². The van der Waals surface area contributed by atoms with Crippen LogP contribution in [0.5, 0.6) is 0 Å². The minimum atomic E-state index is -6.50. The maximum atomic E-state index is 13.3. The van der Waals surface area contributed by atoms with Crippen LogP contribution in [0.15, 0.2) is 12.1 Å². The molecule has 118 valence electrons. The molecule has 1 heterocycles. The van der Waals surface area contributed by atoms with E-state index in [-0.39, 0.29) is 0 Å². The van der Waals surface area contributed by atoms with Crippen molar-refractivity contribution in [1.29, 1.82) is 0 Å². The highest BCUT2D eigenvalue weighted by atomic mass is 35.5. The number of pyridine rings is 1. The van der Waals surface area contributed by atoms with E-state index in [1.807, 2.05) is 0 Å². The number of rotatable bonds is 2. The summed E-state index contributed by atoms with van der Waals surface area (Å²) in [6.45, 7) is 0. The number of hydrogen-bond acceptors (Lipinski definition) is 2. The molecule has 3 nitrogen and oxygen atoms in total. The Morgan fingerprint density at radius 2 is 1.33 bits per heavy atom. The Kier molecular flexibility index (Phi) is 4.64. The second kappa shape index (κ2) is 5.48. The van der Waals surface area contributed by atoms with Gasteiger partial charge in [-0.05, 0) is 12.1 Å². The highest BCUT2D eigenvalue weighted by molar-refractivity contribution is 6.33. The number of nitrogens with one attached hydrogen (secondary N) is 1. The molecule has 1 amide bonds. The summed E-state index contributed by atoms with van der Waals surface area (Å²) in [6, 6.07) is 1.39. The van der Waals surface area contributed by atoms with Gasteiger partial charge in [-0.2, -0.15) is 26.3 Å². The van der Waals surface area contributed by atoms with Crippen LogP contribution in [0.1, 0.15) is 0 Å². The fourth-order valence-electron chi connectivity index (χ4n) is 1.17. The number of alkyl halides is 7. The van der Waals surface area contributed by atoms with Crippen molar-refractivity contribution < 1.29 is 35.5 Å². The Morgan fingerprint density at radius 3 is 1.67 bits per heavy atom. The van der Waals surface area contributed by atoms with Crippen LogP contribution < -0.4 is 5.32 Å². The Morgan fingerprint density at radius 1 is 0.952 bits per heavy atom. The minimum Gasteiger partial charge on any atom is -0.322 e. The molecule has 12 heteroatoms. The summed E-state index contributed by atoms with van der Waals surface area (Å²) in [5.74, 6) is -2.97. The van der Waals surface area contributed by atoms with Gasteiger partial charge < -0.3 is 5.32 Å². The van der Waals surface area contributed by atoms with Crippen molar-refractivity contribution in [3.63, 3.8) is 0 Å². The average molecular weight is 359 g/mol. The molecule has 0 saturated heterocycles. The fourth-order valence-corrected chi connectivity index (χ4v) is 1.63. The van der Waals surface area contributed by atoms with Crippen LogP contribution in [-0.2, 0) is 4.79 Å². The summed E-state index contributed by atoms with van der Waals surface area (Å²) in [5, 5.41) is 0.256. The van der Waals surface area contributed by atoms with E-state index in [0.29, 0.717) is 12.1 Å². The van der Waals surface area contributed by atoms with Gasteiger partial charge in [0.25, 0.3) is 5.91 Å². The van der Waals surface area contributed by atoms with E-state index >= 15 is 0 Å². The summed E-state index contributed by atoms with van der Waals surface area (Å²) < 4.78 is 87.1. The number of carbonyl (C=O) groups is 1. The molecular formula is C9H3Cl2F7N2O. The zero-order valence-corrected chi connectivity index (χ0v) is 10.9. The normalized spacial score (nSPS) is 13.2. The van der Waals surface area contributed by atoms with Crippen molar-refractivity contribution in [3.8, 4) is 0 Å². The van der Waals surface area contributed by atoms with E-state index in [2.05, 4.69) is 4.98 Å². The van der Waals surface area contributed by atoms with Crippen molar-refractivity contribution in [2.45, 2.75) is 18.0 Å². The third-order valence-corrected chi connectivity index (χ3v) is 2.50. The molecule has 21 heavy (non-hydrogen) atoms. The molecule has 1 aromatic heterocycles. The predicted octanol–water partition coefficient (Wildman–Crippen LogP) is 4.16. The minimum absolute atomic E-state index is 0.429. The van der Waals surface area contributed by atoms with Crippen LogP contribution in [0.4, 0.5) is 36.4 Å². The number of aromatic nitrogens is 1. The molecule has 1 rings (SSSR count). The molecule has 0 bridgehead atoms. The van der Waals surface area contributed by atoms with E-state index in [1.54, 1.807) is 0 Å². The van der Waals surface area contributed by atoms with Gasteiger partial charge in [0.1, 0.15) is 10.3 Å². The SMILES string of the molecule is O=C(Nc1cc(Cl)nc(Cl)c1)C(F)(C(F)(F)F)C(F)(F)F. The monoisotopic (exact) mass is 358 g/mol. The maximum absolute atomic E-state index is 13.3. The molecule has 0 fully saturated rings. The number of halogens is 9. The summed E-state index contributed by atoms with van der Waals surface area (Å²) >= 11 is 10.7. The first kappa shape index (κ1) is 17.8. The third kappa shape index (κ3) is 3.49. The van der Waals surface area contributed by atoms with E-state index in [9.17, 15) is 35.5 Å². The van der Waals surface area contributed by atoms with Crippen LogP contribution in [0.2, 0.25) is 10.3 Å². The number of carbonyl (C=O) groups excluding carboxylic acids is 1. The molecule has 1 N–H and O–H groups in total. The van der Waals surface area contributed by atoms with E-state index < -0.39 is 39.9 Å². The summed E-state index contributed by atoms with van der Waals surface area (Å²) in [7, 11) is 0. The first-order valence-corrected chi connectivity index (χ1v) is 5.51. The molecule has 0 aliphatic rings. The molecule has 0 radical (unpaired) electrons. The molecular weight excluding hydrogens is 356 g/mol. The van der Waals surface area contributed by atoms with Gasteiger partial charge in [0.05, 0.1) is 0 Å². The second-order valence-electron chi connectivity index (χ2n) is 3.61. The summed E-state index contributed by atoms with van der Waals surface area (Å²) in [6.07, 6.45) is -13.0. The van der Waals surface area contributed by atoms with Gasteiger partial charge in [0.15, 0.2) is 0 Å². The van der Waals surface area contributed by atoms with E-state index in [0.717, 1.165) is 5.32 Å². The van der Waals surface area contributed by atoms with E-state index in [4.69, 9.17) is 23.2 Å². The van der Waals surface area contributed by atoms with Gasteiger partial charge in [-0.1, -0.05) is 23.2 Å². The van der Waals surface area contributed by atoms with Gasteiger partial charge in [-0.25, -0.2) is 9.37 Å².